The van der Waals surface area contributed by atoms with E-state index in [0.717, 1.165) is 60.9 Å². The van der Waals surface area contributed by atoms with Crippen LogP contribution in [0.2, 0.25) is 0 Å². The fraction of sp³-hybridized carbons (Fsp3) is 0. The van der Waals surface area contributed by atoms with Crippen LogP contribution in [0.1, 0.15) is 0 Å². The Balaban J connectivity index is 1.31. The molecule has 0 aliphatic carbocycles. The SMILES string of the molecule is c1ccc(-c2nc(-c3ccc4c(c3)c3ccccc3c3ccc5oc6ccccc6c5c34)nc3ccc4ccccc4c23)cc1. The smallest absolute Gasteiger partial charge is 0.160 e. The molecule has 8 aromatic carbocycles. The summed E-state index contributed by atoms with van der Waals surface area (Å²) in [5.41, 5.74) is 5.76. The van der Waals surface area contributed by atoms with E-state index in [4.69, 9.17) is 14.4 Å². The van der Waals surface area contributed by atoms with Crippen LogP contribution in [0.3, 0.4) is 0 Å². The molecule has 10 rings (SSSR count). The molecule has 208 valence electrons. The Labute approximate surface area is 258 Å². The second-order valence-corrected chi connectivity index (χ2v) is 11.7. The van der Waals surface area contributed by atoms with E-state index < -0.39 is 0 Å². The van der Waals surface area contributed by atoms with Crippen molar-refractivity contribution < 1.29 is 4.42 Å². The van der Waals surface area contributed by atoms with Crippen molar-refractivity contribution in [2.24, 2.45) is 0 Å². The van der Waals surface area contributed by atoms with Gasteiger partial charge in [0.15, 0.2) is 5.82 Å². The Kier molecular flexibility index (Phi) is 5.00. The van der Waals surface area contributed by atoms with Gasteiger partial charge in [-0.15, -0.1) is 0 Å². The first-order valence-electron chi connectivity index (χ1n) is 15.3. The zero-order valence-corrected chi connectivity index (χ0v) is 24.2. The van der Waals surface area contributed by atoms with Crippen LogP contribution in [-0.2, 0) is 0 Å². The van der Waals surface area contributed by atoms with Crippen molar-refractivity contribution in [2.75, 3.05) is 0 Å². The molecule has 3 heteroatoms. The van der Waals surface area contributed by atoms with Crippen molar-refractivity contribution in [3.63, 3.8) is 0 Å². The highest BCUT2D eigenvalue weighted by Gasteiger charge is 2.18. The highest BCUT2D eigenvalue weighted by Crippen LogP contribution is 2.43. The standard InChI is InChI=1S/C42H24N2O/c1-2-11-26(12-3-1)41-39-28-13-5-4-10-25(28)19-22-35(39)43-42(44-41)27-18-20-32-34(24-27)30-15-7-6-14-29(30)31-21-23-37-40(38(31)32)33-16-8-9-17-36(33)45-37/h1-24H. The van der Waals surface area contributed by atoms with E-state index in [9.17, 15) is 0 Å². The summed E-state index contributed by atoms with van der Waals surface area (Å²) < 4.78 is 6.32. The highest BCUT2D eigenvalue weighted by atomic mass is 16.3. The summed E-state index contributed by atoms with van der Waals surface area (Å²) in [4.78, 5) is 10.5. The van der Waals surface area contributed by atoms with Gasteiger partial charge in [0.1, 0.15) is 11.2 Å². The Morgan fingerprint density at radius 2 is 1.07 bits per heavy atom. The maximum Gasteiger partial charge on any atom is 0.160 e. The third-order valence-corrected chi connectivity index (χ3v) is 9.23. The molecular formula is C42H24N2O. The molecule has 0 spiro atoms. The lowest BCUT2D eigenvalue weighted by Gasteiger charge is -2.14. The molecule has 10 aromatic rings. The number of fused-ring (bicyclic) bond motifs is 13. The summed E-state index contributed by atoms with van der Waals surface area (Å²) >= 11 is 0. The van der Waals surface area contributed by atoms with Gasteiger partial charge in [0.25, 0.3) is 0 Å². The molecule has 0 aliphatic rings. The predicted octanol–water partition coefficient (Wildman–Crippen LogP) is 11.5. The summed E-state index contributed by atoms with van der Waals surface area (Å²) in [6.45, 7) is 0. The molecular weight excluding hydrogens is 548 g/mol. The van der Waals surface area contributed by atoms with E-state index in [-0.39, 0.29) is 0 Å². The molecule has 2 heterocycles. The van der Waals surface area contributed by atoms with Crippen molar-refractivity contribution >= 4 is 75.9 Å². The Morgan fingerprint density at radius 1 is 0.378 bits per heavy atom. The minimum Gasteiger partial charge on any atom is -0.456 e. The van der Waals surface area contributed by atoms with Crippen molar-refractivity contribution in [3.8, 4) is 22.6 Å². The van der Waals surface area contributed by atoms with Gasteiger partial charge in [0.2, 0.25) is 0 Å². The van der Waals surface area contributed by atoms with Gasteiger partial charge in [-0.2, -0.15) is 0 Å². The average Bonchev–Trinajstić information content (AvgIpc) is 3.50. The summed E-state index contributed by atoms with van der Waals surface area (Å²) in [5.74, 6) is 0.717. The van der Waals surface area contributed by atoms with Gasteiger partial charge in [0, 0.05) is 32.7 Å². The number of para-hydroxylation sites is 1. The summed E-state index contributed by atoms with van der Waals surface area (Å²) in [6.07, 6.45) is 0. The maximum absolute atomic E-state index is 6.32. The lowest BCUT2D eigenvalue weighted by molar-refractivity contribution is 0.669. The van der Waals surface area contributed by atoms with Crippen molar-refractivity contribution in [2.45, 2.75) is 0 Å². The Hall–Kier alpha value is -6.06. The van der Waals surface area contributed by atoms with E-state index in [1.165, 1.54) is 37.7 Å². The van der Waals surface area contributed by atoms with Crippen LogP contribution in [0.15, 0.2) is 150 Å². The molecule has 0 amide bonds. The van der Waals surface area contributed by atoms with Crippen LogP contribution in [0.25, 0.3) is 98.6 Å². The summed E-state index contributed by atoms with van der Waals surface area (Å²) in [7, 11) is 0. The van der Waals surface area contributed by atoms with E-state index in [1.807, 2.05) is 18.2 Å². The van der Waals surface area contributed by atoms with E-state index in [0.29, 0.717) is 0 Å². The van der Waals surface area contributed by atoms with Gasteiger partial charge in [-0.3, -0.25) is 0 Å². The molecule has 0 radical (unpaired) electrons. The van der Waals surface area contributed by atoms with E-state index in [2.05, 4.69) is 127 Å². The molecule has 45 heavy (non-hydrogen) atoms. The molecule has 0 N–H and O–H groups in total. The lowest BCUT2D eigenvalue weighted by Crippen LogP contribution is -1.96. The van der Waals surface area contributed by atoms with Gasteiger partial charge < -0.3 is 4.42 Å². The Morgan fingerprint density at radius 3 is 1.93 bits per heavy atom. The average molecular weight is 573 g/mol. The summed E-state index contributed by atoms with van der Waals surface area (Å²) in [6, 6.07) is 51.3. The largest absolute Gasteiger partial charge is 0.456 e. The zero-order chi connectivity index (χ0) is 29.5. The van der Waals surface area contributed by atoms with Gasteiger partial charge in [-0.25, -0.2) is 9.97 Å². The molecule has 2 aromatic heterocycles. The molecule has 3 nitrogen and oxygen atoms in total. The van der Waals surface area contributed by atoms with Gasteiger partial charge in [-0.1, -0.05) is 115 Å². The van der Waals surface area contributed by atoms with Gasteiger partial charge in [0.05, 0.1) is 11.2 Å². The number of hydrogen-bond donors (Lipinski definition) is 0. The first-order valence-corrected chi connectivity index (χ1v) is 15.3. The normalized spacial score (nSPS) is 12.0. The highest BCUT2D eigenvalue weighted by molar-refractivity contribution is 6.34. The van der Waals surface area contributed by atoms with Gasteiger partial charge in [-0.05, 0) is 68.0 Å². The van der Waals surface area contributed by atoms with Gasteiger partial charge >= 0.3 is 0 Å². The molecule has 0 aliphatic heterocycles. The third-order valence-electron chi connectivity index (χ3n) is 9.23. The van der Waals surface area contributed by atoms with Crippen LogP contribution >= 0.6 is 0 Å². The van der Waals surface area contributed by atoms with Crippen molar-refractivity contribution in [3.05, 3.63) is 146 Å². The molecule has 0 saturated heterocycles. The minimum absolute atomic E-state index is 0.717. The van der Waals surface area contributed by atoms with Crippen LogP contribution < -0.4 is 0 Å². The number of furan rings is 1. The molecule has 0 saturated carbocycles. The minimum atomic E-state index is 0.717. The van der Waals surface area contributed by atoms with Crippen molar-refractivity contribution in [1.82, 2.24) is 9.97 Å². The van der Waals surface area contributed by atoms with E-state index in [1.54, 1.807) is 0 Å². The third kappa shape index (κ3) is 3.52. The van der Waals surface area contributed by atoms with Crippen LogP contribution in [0.5, 0.6) is 0 Å². The topological polar surface area (TPSA) is 38.9 Å². The fourth-order valence-corrected chi connectivity index (χ4v) is 7.23. The van der Waals surface area contributed by atoms with Crippen LogP contribution in [0, 0.1) is 0 Å². The fourth-order valence-electron chi connectivity index (χ4n) is 7.23. The quantitative estimate of drug-likeness (QED) is 0.193. The second-order valence-electron chi connectivity index (χ2n) is 11.7. The number of aromatic nitrogens is 2. The zero-order valence-electron chi connectivity index (χ0n) is 24.2. The molecule has 0 fully saturated rings. The number of hydrogen-bond acceptors (Lipinski definition) is 3. The maximum atomic E-state index is 6.32. The first-order chi connectivity index (χ1) is 22.3. The van der Waals surface area contributed by atoms with Crippen molar-refractivity contribution in [1.29, 1.82) is 0 Å². The number of rotatable bonds is 2. The lowest BCUT2D eigenvalue weighted by atomic mass is 9.91. The van der Waals surface area contributed by atoms with Crippen LogP contribution in [0.4, 0.5) is 0 Å². The number of nitrogens with zero attached hydrogens (tertiary/aromatic N) is 2. The number of benzene rings is 8. The monoisotopic (exact) mass is 572 g/mol. The van der Waals surface area contributed by atoms with E-state index >= 15 is 0 Å². The Bertz CT molecular complexity index is 2810. The first kappa shape index (κ1) is 24.4. The molecule has 0 atom stereocenters. The predicted molar refractivity (Wildman–Crippen MR) is 188 cm³/mol. The second kappa shape index (κ2) is 9.22. The molecule has 0 unspecified atom stereocenters. The molecule has 0 bridgehead atoms. The van der Waals surface area contributed by atoms with Crippen LogP contribution in [-0.4, -0.2) is 9.97 Å². The summed E-state index contributed by atoms with van der Waals surface area (Å²) in [5, 5.41) is 13.0.